The molecule has 0 aliphatic heterocycles. The molecule has 1 heterocycles. The normalized spacial score (nSPS) is 9.14. The molecular weight excluding hydrogens is 98.0 g/mol. The minimum Gasteiger partial charge on any atom is -0.477 e. The molecule has 0 saturated heterocycles. The zero-order valence-electron chi connectivity index (χ0n) is 3.31. The SMILES string of the molecule is Oc1nncn1O. The summed E-state index contributed by atoms with van der Waals surface area (Å²) in [6.45, 7) is 0. The van der Waals surface area contributed by atoms with Crippen molar-refractivity contribution in [3.05, 3.63) is 6.33 Å². The van der Waals surface area contributed by atoms with E-state index in [0.29, 0.717) is 4.73 Å². The van der Waals surface area contributed by atoms with Crippen LogP contribution in [0.15, 0.2) is 6.33 Å². The van der Waals surface area contributed by atoms with Crippen molar-refractivity contribution in [3.8, 4) is 6.01 Å². The van der Waals surface area contributed by atoms with Crippen LogP contribution in [0.4, 0.5) is 0 Å². The van der Waals surface area contributed by atoms with Crippen molar-refractivity contribution in [3.63, 3.8) is 0 Å². The Morgan fingerprint density at radius 2 is 2.43 bits per heavy atom. The van der Waals surface area contributed by atoms with Gasteiger partial charge in [0.05, 0.1) is 0 Å². The summed E-state index contributed by atoms with van der Waals surface area (Å²) < 4.78 is 0.417. The minimum atomic E-state index is -0.500. The van der Waals surface area contributed by atoms with E-state index in [-0.39, 0.29) is 0 Å². The Hall–Kier alpha value is -1.26. The van der Waals surface area contributed by atoms with Crippen molar-refractivity contribution in [1.82, 2.24) is 14.9 Å². The summed E-state index contributed by atoms with van der Waals surface area (Å²) in [6.07, 6.45) is 0.981. The van der Waals surface area contributed by atoms with E-state index in [0.717, 1.165) is 6.33 Å². The molecule has 0 aliphatic carbocycles. The number of hydrogen-bond acceptors (Lipinski definition) is 4. The van der Waals surface area contributed by atoms with Crippen LogP contribution in [0.5, 0.6) is 6.01 Å². The maximum atomic E-state index is 8.30. The second-order valence-corrected chi connectivity index (χ2v) is 0.976. The lowest BCUT2D eigenvalue weighted by Gasteiger charge is -1.82. The van der Waals surface area contributed by atoms with Crippen LogP contribution in [0.1, 0.15) is 0 Å². The maximum Gasteiger partial charge on any atom is 0.348 e. The standard InChI is InChI=1S/C2H3N3O2/c6-2-4-3-1-5(2)7/h1,7H,(H,4,6). The fourth-order valence-electron chi connectivity index (χ4n) is 0.224. The fraction of sp³-hybridized carbons (Fsp3) is 0. The van der Waals surface area contributed by atoms with Crippen LogP contribution in [0.25, 0.3) is 0 Å². The van der Waals surface area contributed by atoms with Crippen molar-refractivity contribution in [2.45, 2.75) is 0 Å². The second kappa shape index (κ2) is 1.11. The molecule has 5 heteroatoms. The first-order chi connectivity index (χ1) is 3.30. The largest absolute Gasteiger partial charge is 0.477 e. The molecular formula is C2H3N3O2. The average Bonchev–Trinajstić information content (AvgIpc) is 1.91. The monoisotopic (exact) mass is 101 g/mol. The molecule has 0 fully saturated rings. The number of aromatic hydroxyl groups is 1. The van der Waals surface area contributed by atoms with E-state index in [4.69, 9.17) is 10.3 Å². The van der Waals surface area contributed by atoms with E-state index in [9.17, 15) is 0 Å². The first-order valence-corrected chi connectivity index (χ1v) is 1.59. The number of aromatic nitrogens is 3. The fourth-order valence-corrected chi connectivity index (χ4v) is 0.224. The topological polar surface area (TPSA) is 71.2 Å². The van der Waals surface area contributed by atoms with Gasteiger partial charge < -0.3 is 10.3 Å². The van der Waals surface area contributed by atoms with Gasteiger partial charge in [-0.3, -0.25) is 0 Å². The number of hydrogen-bond donors (Lipinski definition) is 2. The summed E-state index contributed by atoms with van der Waals surface area (Å²) in [7, 11) is 0. The smallest absolute Gasteiger partial charge is 0.348 e. The summed E-state index contributed by atoms with van der Waals surface area (Å²) in [5, 5.41) is 22.8. The highest BCUT2D eigenvalue weighted by molar-refractivity contribution is 4.82. The predicted octanol–water partition coefficient (Wildman–Crippen LogP) is -0.779. The van der Waals surface area contributed by atoms with Gasteiger partial charge in [-0.2, -0.15) is 0 Å². The molecule has 2 N–H and O–H groups in total. The van der Waals surface area contributed by atoms with E-state index >= 15 is 0 Å². The Morgan fingerprint density at radius 1 is 1.71 bits per heavy atom. The van der Waals surface area contributed by atoms with Crippen molar-refractivity contribution in [1.29, 1.82) is 0 Å². The van der Waals surface area contributed by atoms with Crippen molar-refractivity contribution < 1.29 is 10.3 Å². The molecule has 0 bridgehead atoms. The zero-order chi connectivity index (χ0) is 5.28. The highest BCUT2D eigenvalue weighted by atomic mass is 16.5. The van der Waals surface area contributed by atoms with Crippen LogP contribution in [0.3, 0.4) is 0 Å². The quantitative estimate of drug-likeness (QED) is 0.420. The summed E-state index contributed by atoms with van der Waals surface area (Å²) in [5.74, 6) is 0. The molecule has 5 nitrogen and oxygen atoms in total. The average molecular weight is 101 g/mol. The van der Waals surface area contributed by atoms with Gasteiger partial charge in [0.15, 0.2) is 6.33 Å². The van der Waals surface area contributed by atoms with E-state index in [1.165, 1.54) is 0 Å². The Labute approximate surface area is 38.8 Å². The number of nitrogens with zero attached hydrogens (tertiary/aromatic N) is 3. The van der Waals surface area contributed by atoms with E-state index in [2.05, 4.69) is 10.2 Å². The molecule has 0 saturated carbocycles. The van der Waals surface area contributed by atoms with Gasteiger partial charge in [-0.15, -0.1) is 9.83 Å². The van der Waals surface area contributed by atoms with Crippen molar-refractivity contribution >= 4 is 0 Å². The van der Waals surface area contributed by atoms with Crippen LogP contribution in [0, 0.1) is 0 Å². The van der Waals surface area contributed by atoms with E-state index in [1.54, 1.807) is 0 Å². The highest BCUT2D eigenvalue weighted by Crippen LogP contribution is 1.93. The summed E-state index contributed by atoms with van der Waals surface area (Å²) >= 11 is 0. The third-order valence-corrected chi connectivity index (χ3v) is 0.513. The second-order valence-electron chi connectivity index (χ2n) is 0.976. The van der Waals surface area contributed by atoms with Crippen LogP contribution in [0.2, 0.25) is 0 Å². The molecule has 0 aliphatic rings. The molecule has 1 rings (SSSR count). The lowest BCUT2D eigenvalue weighted by atomic mass is 11.2. The summed E-state index contributed by atoms with van der Waals surface area (Å²) in [5.41, 5.74) is 0. The van der Waals surface area contributed by atoms with Gasteiger partial charge in [0.2, 0.25) is 0 Å². The first kappa shape index (κ1) is 3.91. The van der Waals surface area contributed by atoms with Gasteiger partial charge in [0.25, 0.3) is 0 Å². The molecule has 0 spiro atoms. The van der Waals surface area contributed by atoms with E-state index < -0.39 is 6.01 Å². The van der Waals surface area contributed by atoms with Crippen molar-refractivity contribution in [2.24, 2.45) is 0 Å². The zero-order valence-corrected chi connectivity index (χ0v) is 3.31. The van der Waals surface area contributed by atoms with Crippen LogP contribution in [-0.4, -0.2) is 25.2 Å². The molecule has 0 amide bonds. The number of rotatable bonds is 0. The Morgan fingerprint density at radius 3 is 2.57 bits per heavy atom. The molecule has 0 atom stereocenters. The highest BCUT2D eigenvalue weighted by Gasteiger charge is 1.92. The Balaban J connectivity index is 3.12. The predicted molar refractivity (Wildman–Crippen MR) is 18.9 cm³/mol. The maximum absolute atomic E-state index is 8.30. The van der Waals surface area contributed by atoms with E-state index in [1.807, 2.05) is 0 Å². The Bertz CT molecular complexity index is 143. The first-order valence-electron chi connectivity index (χ1n) is 1.59. The molecule has 0 unspecified atom stereocenters. The molecule has 0 radical (unpaired) electrons. The van der Waals surface area contributed by atoms with Gasteiger partial charge in [0, 0.05) is 0 Å². The lowest BCUT2D eigenvalue weighted by molar-refractivity contribution is 0.151. The summed E-state index contributed by atoms with van der Waals surface area (Å²) in [4.78, 5) is 0. The van der Waals surface area contributed by atoms with Gasteiger partial charge in [-0.1, -0.05) is 5.10 Å². The minimum absolute atomic E-state index is 0.417. The van der Waals surface area contributed by atoms with Crippen LogP contribution >= 0.6 is 0 Å². The summed E-state index contributed by atoms with van der Waals surface area (Å²) in [6, 6.07) is -0.500. The van der Waals surface area contributed by atoms with Gasteiger partial charge >= 0.3 is 6.01 Å². The lowest BCUT2D eigenvalue weighted by Crippen LogP contribution is -1.83. The third kappa shape index (κ3) is 0.466. The molecule has 0 aromatic carbocycles. The van der Waals surface area contributed by atoms with Gasteiger partial charge in [-0.05, 0) is 0 Å². The molecule has 38 valence electrons. The van der Waals surface area contributed by atoms with Gasteiger partial charge in [0.1, 0.15) is 0 Å². The third-order valence-electron chi connectivity index (χ3n) is 0.513. The van der Waals surface area contributed by atoms with Crippen LogP contribution in [-0.2, 0) is 0 Å². The van der Waals surface area contributed by atoms with Crippen molar-refractivity contribution in [2.75, 3.05) is 0 Å². The Kier molecular flexibility index (Phi) is 0.619. The molecule has 1 aromatic heterocycles. The van der Waals surface area contributed by atoms with Gasteiger partial charge in [-0.25, -0.2) is 0 Å². The molecule has 7 heavy (non-hydrogen) atoms. The van der Waals surface area contributed by atoms with Crippen LogP contribution < -0.4 is 0 Å². The molecule has 1 aromatic rings.